The van der Waals surface area contributed by atoms with Crippen LogP contribution in [0.3, 0.4) is 0 Å². The van der Waals surface area contributed by atoms with Gasteiger partial charge in [0.25, 0.3) is 5.91 Å². The van der Waals surface area contributed by atoms with Crippen molar-refractivity contribution in [3.8, 4) is 5.75 Å². The van der Waals surface area contributed by atoms with E-state index in [1.54, 1.807) is 7.05 Å². The molecule has 2 aromatic rings. The number of allylic oxidation sites excluding steroid dienone is 2. The third kappa shape index (κ3) is 5.64. The van der Waals surface area contributed by atoms with E-state index in [-0.39, 0.29) is 5.91 Å². The molecule has 1 N–H and O–H groups in total. The maximum Gasteiger partial charge on any atom is 0.251 e. The van der Waals surface area contributed by atoms with Crippen molar-refractivity contribution in [3.05, 3.63) is 76.9 Å². The van der Waals surface area contributed by atoms with Crippen molar-refractivity contribution in [1.29, 1.82) is 0 Å². The Balaban J connectivity index is 2.06. The number of nitrogens with one attached hydrogen (secondary N) is 1. The molecule has 0 unspecified atom stereocenters. The van der Waals surface area contributed by atoms with E-state index in [2.05, 4.69) is 50.4 Å². The van der Waals surface area contributed by atoms with Crippen LogP contribution in [0.5, 0.6) is 5.75 Å². The van der Waals surface area contributed by atoms with Crippen LogP contribution in [-0.2, 0) is 0 Å². The Morgan fingerprint density at radius 3 is 2.12 bits per heavy atom. The second kappa shape index (κ2) is 8.88. The minimum Gasteiger partial charge on any atom is -0.490 e. The number of benzene rings is 2. The first-order valence-electron chi connectivity index (χ1n) is 8.36. The highest BCUT2D eigenvalue weighted by Gasteiger charge is 2.02. The van der Waals surface area contributed by atoms with Crippen LogP contribution in [-0.4, -0.2) is 19.6 Å². The van der Waals surface area contributed by atoms with Crippen LogP contribution in [0.15, 0.2) is 60.2 Å². The van der Waals surface area contributed by atoms with Gasteiger partial charge in [0, 0.05) is 12.6 Å². The fourth-order valence-electron chi connectivity index (χ4n) is 2.33. The molecule has 0 bridgehead atoms. The predicted octanol–water partition coefficient (Wildman–Crippen LogP) is 4.95. The smallest absolute Gasteiger partial charge is 0.251 e. The highest BCUT2D eigenvalue weighted by molar-refractivity contribution is 5.94. The second-order valence-corrected chi connectivity index (χ2v) is 6.15. The average Bonchev–Trinajstić information content (AvgIpc) is 2.62. The summed E-state index contributed by atoms with van der Waals surface area (Å²) in [5, 5.41) is 2.62. The summed E-state index contributed by atoms with van der Waals surface area (Å²) in [6.07, 6.45) is 4.16. The van der Waals surface area contributed by atoms with Crippen molar-refractivity contribution in [2.75, 3.05) is 13.7 Å². The van der Waals surface area contributed by atoms with Gasteiger partial charge in [-0.1, -0.05) is 35.9 Å². The lowest BCUT2D eigenvalue weighted by Crippen LogP contribution is -2.17. The van der Waals surface area contributed by atoms with Crippen molar-refractivity contribution in [1.82, 2.24) is 5.32 Å². The summed E-state index contributed by atoms with van der Waals surface area (Å²) in [6, 6.07) is 15.7. The van der Waals surface area contributed by atoms with Crippen molar-refractivity contribution in [3.63, 3.8) is 0 Å². The molecule has 0 spiro atoms. The lowest BCUT2D eigenvalue weighted by molar-refractivity contribution is 0.0963. The van der Waals surface area contributed by atoms with E-state index in [1.165, 1.54) is 5.57 Å². The molecule has 3 heteroatoms. The molecular weight excluding hydrogens is 310 g/mol. The van der Waals surface area contributed by atoms with Gasteiger partial charge in [-0.3, -0.25) is 4.79 Å². The Morgan fingerprint density at radius 2 is 1.56 bits per heavy atom. The van der Waals surface area contributed by atoms with Crippen LogP contribution in [0.1, 0.15) is 42.3 Å². The van der Waals surface area contributed by atoms with Crippen LogP contribution in [0.25, 0.3) is 11.6 Å². The summed E-state index contributed by atoms with van der Waals surface area (Å²) in [4.78, 5) is 11.6. The van der Waals surface area contributed by atoms with E-state index in [9.17, 15) is 4.79 Å². The molecule has 2 rings (SSSR count). The van der Waals surface area contributed by atoms with Crippen LogP contribution in [0.4, 0.5) is 0 Å². The van der Waals surface area contributed by atoms with Gasteiger partial charge in [-0.15, -0.1) is 0 Å². The second-order valence-electron chi connectivity index (χ2n) is 6.15. The van der Waals surface area contributed by atoms with Gasteiger partial charge in [0.15, 0.2) is 0 Å². The van der Waals surface area contributed by atoms with E-state index >= 15 is 0 Å². The first-order valence-corrected chi connectivity index (χ1v) is 8.36. The van der Waals surface area contributed by atoms with Crippen molar-refractivity contribution in [2.24, 2.45) is 0 Å². The van der Waals surface area contributed by atoms with Gasteiger partial charge in [-0.2, -0.15) is 0 Å². The molecule has 0 aliphatic carbocycles. The first-order chi connectivity index (χ1) is 12.0. The van der Waals surface area contributed by atoms with E-state index in [4.69, 9.17) is 4.74 Å². The predicted molar refractivity (Wildman–Crippen MR) is 105 cm³/mol. The summed E-state index contributed by atoms with van der Waals surface area (Å²) in [7, 11) is 1.63. The summed E-state index contributed by atoms with van der Waals surface area (Å²) in [6.45, 7) is 6.78. The molecule has 0 radical (unpaired) electrons. The van der Waals surface area contributed by atoms with Gasteiger partial charge < -0.3 is 10.1 Å². The van der Waals surface area contributed by atoms with Crippen LogP contribution < -0.4 is 10.1 Å². The summed E-state index contributed by atoms with van der Waals surface area (Å²) in [5.41, 5.74) is 5.27. The van der Waals surface area contributed by atoms with Crippen molar-refractivity contribution < 1.29 is 9.53 Å². The third-order valence-electron chi connectivity index (χ3n) is 3.83. The lowest BCUT2D eigenvalue weighted by Gasteiger charge is -2.07. The molecule has 3 nitrogen and oxygen atoms in total. The summed E-state index contributed by atoms with van der Waals surface area (Å²) < 4.78 is 5.68. The topological polar surface area (TPSA) is 38.3 Å². The van der Waals surface area contributed by atoms with Gasteiger partial charge in [0.2, 0.25) is 0 Å². The zero-order valence-corrected chi connectivity index (χ0v) is 15.3. The SMILES string of the molecule is CNC(=O)c1ccc(C=C(C)c2ccc(OCC=C(C)C)cc2)cc1. The molecule has 0 fully saturated rings. The van der Waals surface area contributed by atoms with Crippen molar-refractivity contribution >= 4 is 17.6 Å². The molecule has 130 valence electrons. The Hall–Kier alpha value is -2.81. The number of amides is 1. The van der Waals surface area contributed by atoms with Gasteiger partial charge in [0.1, 0.15) is 12.4 Å². The van der Waals surface area contributed by atoms with Crippen LogP contribution in [0, 0.1) is 0 Å². The molecule has 1 amide bonds. The zero-order chi connectivity index (χ0) is 18.2. The molecule has 0 saturated heterocycles. The molecule has 0 aliphatic rings. The molecule has 0 aromatic heterocycles. The Bertz CT molecular complexity index is 765. The summed E-state index contributed by atoms with van der Waals surface area (Å²) in [5.74, 6) is 0.792. The highest BCUT2D eigenvalue weighted by atomic mass is 16.5. The van der Waals surface area contributed by atoms with Gasteiger partial charge in [0.05, 0.1) is 0 Å². The first kappa shape index (κ1) is 18.5. The maximum absolute atomic E-state index is 11.6. The number of carbonyl (C=O) groups is 1. The fourth-order valence-corrected chi connectivity index (χ4v) is 2.33. The lowest BCUT2D eigenvalue weighted by atomic mass is 10.0. The van der Waals surface area contributed by atoms with E-state index in [1.807, 2.05) is 36.4 Å². The minimum absolute atomic E-state index is 0.0732. The largest absolute Gasteiger partial charge is 0.490 e. The molecule has 0 atom stereocenters. The van der Waals surface area contributed by atoms with Gasteiger partial charge in [-0.25, -0.2) is 0 Å². The monoisotopic (exact) mass is 335 g/mol. The Kier molecular flexibility index (Phi) is 6.58. The van der Waals surface area contributed by atoms with Gasteiger partial charge >= 0.3 is 0 Å². The number of carbonyl (C=O) groups excluding carboxylic acids is 1. The maximum atomic E-state index is 11.6. The van der Waals surface area contributed by atoms with Crippen molar-refractivity contribution in [2.45, 2.75) is 20.8 Å². The van der Waals surface area contributed by atoms with Gasteiger partial charge in [-0.05, 0) is 67.8 Å². The third-order valence-corrected chi connectivity index (χ3v) is 3.83. The minimum atomic E-state index is -0.0732. The van der Waals surface area contributed by atoms with E-state index in [0.717, 1.165) is 22.4 Å². The summed E-state index contributed by atoms with van der Waals surface area (Å²) >= 11 is 0. The van der Waals surface area contributed by atoms with Crippen LogP contribution >= 0.6 is 0 Å². The van der Waals surface area contributed by atoms with Crippen LogP contribution in [0.2, 0.25) is 0 Å². The number of ether oxygens (including phenoxy) is 1. The number of hydrogen-bond acceptors (Lipinski definition) is 2. The van der Waals surface area contributed by atoms with E-state index < -0.39 is 0 Å². The molecule has 0 aliphatic heterocycles. The standard InChI is InChI=1S/C22H25NO2/c1-16(2)13-14-25-21-11-9-19(10-12-21)17(3)15-18-5-7-20(8-6-18)22(24)23-4/h5-13,15H,14H2,1-4H3,(H,23,24). The quantitative estimate of drug-likeness (QED) is 0.599. The highest BCUT2D eigenvalue weighted by Crippen LogP contribution is 2.21. The molecule has 0 heterocycles. The normalized spacial score (nSPS) is 11.0. The van der Waals surface area contributed by atoms with E-state index in [0.29, 0.717) is 12.2 Å². The molecular formula is C22H25NO2. The Morgan fingerprint density at radius 1 is 0.960 bits per heavy atom. The zero-order valence-electron chi connectivity index (χ0n) is 15.3. The number of rotatable bonds is 6. The molecule has 0 saturated carbocycles. The Labute approximate surface area is 150 Å². The fraction of sp³-hybridized carbons (Fsp3) is 0.227. The average molecular weight is 335 g/mol. The molecule has 2 aromatic carbocycles. The molecule has 25 heavy (non-hydrogen) atoms. The number of hydrogen-bond donors (Lipinski definition) is 1.